The number of likely N-dealkylation sites (tertiary alicyclic amines) is 1. The number of amides is 2. The third kappa shape index (κ3) is 3.64. The maximum atomic E-state index is 12.6. The Labute approximate surface area is 124 Å². The molecule has 0 spiro atoms. The van der Waals surface area contributed by atoms with Gasteiger partial charge in [-0.05, 0) is 39.2 Å². The minimum absolute atomic E-state index is 0.0551. The molecule has 3 unspecified atom stereocenters. The molecule has 116 valence electrons. The summed E-state index contributed by atoms with van der Waals surface area (Å²) in [6.45, 7) is 4.33. The predicted octanol–water partition coefficient (Wildman–Crippen LogP) is 1.13. The van der Waals surface area contributed by atoms with Crippen molar-refractivity contribution in [2.24, 2.45) is 5.73 Å². The first-order valence-electron chi connectivity index (χ1n) is 7.40. The van der Waals surface area contributed by atoms with Gasteiger partial charge in [0.05, 0.1) is 11.8 Å². The third-order valence-electron chi connectivity index (χ3n) is 3.94. The first-order valence-corrected chi connectivity index (χ1v) is 7.40. The van der Waals surface area contributed by atoms with E-state index in [9.17, 15) is 9.59 Å². The summed E-state index contributed by atoms with van der Waals surface area (Å²) in [6.07, 6.45) is 5.78. The summed E-state index contributed by atoms with van der Waals surface area (Å²) in [5.41, 5.74) is 6.39. The van der Waals surface area contributed by atoms with E-state index in [2.05, 4.69) is 5.32 Å². The number of carbonyl (C=O) groups excluding carboxylic acids is 2. The molecule has 1 aliphatic rings. The minimum atomic E-state index is -0.577. The Hall–Kier alpha value is -1.82. The van der Waals surface area contributed by atoms with Crippen molar-refractivity contribution in [3.63, 3.8) is 0 Å². The van der Waals surface area contributed by atoms with Crippen molar-refractivity contribution >= 4 is 11.8 Å². The first-order chi connectivity index (χ1) is 10.0. The second-order valence-electron chi connectivity index (χ2n) is 5.66. The highest BCUT2D eigenvalue weighted by atomic mass is 16.3. The Balaban J connectivity index is 1.99. The van der Waals surface area contributed by atoms with E-state index in [4.69, 9.17) is 10.2 Å². The Morgan fingerprint density at radius 1 is 1.43 bits per heavy atom. The van der Waals surface area contributed by atoms with Crippen molar-refractivity contribution < 1.29 is 14.0 Å². The van der Waals surface area contributed by atoms with Crippen LogP contribution in [0.5, 0.6) is 0 Å². The smallest absolute Gasteiger partial charge is 0.255 e. The van der Waals surface area contributed by atoms with Crippen LogP contribution in [0.1, 0.15) is 43.5 Å². The topological polar surface area (TPSA) is 88.6 Å². The molecule has 3 atom stereocenters. The van der Waals surface area contributed by atoms with Crippen molar-refractivity contribution in [3.05, 3.63) is 24.2 Å². The molecule has 6 nitrogen and oxygen atoms in total. The molecule has 0 radical (unpaired) electrons. The van der Waals surface area contributed by atoms with Crippen LogP contribution >= 0.6 is 0 Å². The van der Waals surface area contributed by atoms with Gasteiger partial charge in [0.25, 0.3) is 5.91 Å². The van der Waals surface area contributed by atoms with E-state index in [0.29, 0.717) is 12.1 Å². The van der Waals surface area contributed by atoms with Gasteiger partial charge in [0, 0.05) is 18.6 Å². The second kappa shape index (κ2) is 6.76. The van der Waals surface area contributed by atoms with Gasteiger partial charge >= 0.3 is 0 Å². The quantitative estimate of drug-likeness (QED) is 0.871. The number of rotatable bonds is 4. The lowest BCUT2D eigenvalue weighted by atomic mass is 9.96. The molecule has 1 fully saturated rings. The molecule has 2 amide bonds. The lowest BCUT2D eigenvalue weighted by Crippen LogP contribution is -2.56. The maximum absolute atomic E-state index is 12.6. The van der Waals surface area contributed by atoms with E-state index >= 15 is 0 Å². The summed E-state index contributed by atoms with van der Waals surface area (Å²) >= 11 is 0. The van der Waals surface area contributed by atoms with E-state index in [-0.39, 0.29) is 23.9 Å². The normalized spacial score (nSPS) is 21.7. The second-order valence-corrected chi connectivity index (χ2v) is 5.66. The lowest BCUT2D eigenvalue weighted by Gasteiger charge is -2.39. The van der Waals surface area contributed by atoms with Crippen LogP contribution in [0.2, 0.25) is 0 Å². The van der Waals surface area contributed by atoms with Gasteiger partial charge in [0.15, 0.2) is 0 Å². The summed E-state index contributed by atoms with van der Waals surface area (Å²) in [5, 5.41) is 2.71. The number of hydrogen-bond donors (Lipinski definition) is 2. The van der Waals surface area contributed by atoms with Crippen molar-refractivity contribution in [2.75, 3.05) is 6.54 Å². The molecule has 21 heavy (non-hydrogen) atoms. The summed E-state index contributed by atoms with van der Waals surface area (Å²) < 4.78 is 4.87. The SMILES string of the molecule is CC(NC(=O)c1ccoc1)C(=O)N1CCCCC1C(C)N. The molecule has 6 heteroatoms. The monoisotopic (exact) mass is 293 g/mol. The standard InChI is InChI=1S/C15H23N3O3/c1-10(16)13-5-3-4-7-18(13)15(20)11(2)17-14(19)12-6-8-21-9-12/h6,8-11,13H,3-5,7,16H2,1-2H3,(H,17,19). The molecular formula is C15H23N3O3. The fourth-order valence-electron chi connectivity index (χ4n) is 2.76. The molecule has 1 aliphatic heterocycles. The number of nitrogens with two attached hydrogens (primary N) is 1. The summed E-state index contributed by atoms with van der Waals surface area (Å²) in [6, 6.07) is 0.982. The van der Waals surface area contributed by atoms with Crippen LogP contribution < -0.4 is 11.1 Å². The Bertz CT molecular complexity index is 484. The average molecular weight is 293 g/mol. The number of carbonyl (C=O) groups is 2. The van der Waals surface area contributed by atoms with Crippen LogP contribution in [0.4, 0.5) is 0 Å². The van der Waals surface area contributed by atoms with Crippen molar-refractivity contribution in [3.8, 4) is 0 Å². The molecule has 1 saturated heterocycles. The number of hydrogen-bond acceptors (Lipinski definition) is 4. The molecule has 0 aliphatic carbocycles. The van der Waals surface area contributed by atoms with Gasteiger partial charge < -0.3 is 20.4 Å². The van der Waals surface area contributed by atoms with Crippen molar-refractivity contribution in [1.82, 2.24) is 10.2 Å². The Morgan fingerprint density at radius 2 is 2.19 bits per heavy atom. The van der Waals surface area contributed by atoms with Crippen LogP contribution in [0.25, 0.3) is 0 Å². The number of furan rings is 1. The first kappa shape index (κ1) is 15.6. The Kier molecular flexibility index (Phi) is 5.01. The van der Waals surface area contributed by atoms with Gasteiger partial charge in [0.2, 0.25) is 5.91 Å². The van der Waals surface area contributed by atoms with Gasteiger partial charge in [-0.2, -0.15) is 0 Å². The van der Waals surface area contributed by atoms with Gasteiger partial charge in [-0.25, -0.2) is 0 Å². The molecular weight excluding hydrogens is 270 g/mol. The van der Waals surface area contributed by atoms with E-state index in [1.54, 1.807) is 13.0 Å². The number of nitrogens with one attached hydrogen (secondary N) is 1. The zero-order valence-electron chi connectivity index (χ0n) is 12.5. The van der Waals surface area contributed by atoms with Gasteiger partial charge in [-0.15, -0.1) is 0 Å². The lowest BCUT2D eigenvalue weighted by molar-refractivity contribution is -0.137. The summed E-state index contributed by atoms with van der Waals surface area (Å²) in [7, 11) is 0. The van der Waals surface area contributed by atoms with E-state index in [1.807, 2.05) is 11.8 Å². The van der Waals surface area contributed by atoms with E-state index in [0.717, 1.165) is 19.3 Å². The molecule has 0 bridgehead atoms. The van der Waals surface area contributed by atoms with Crippen LogP contribution in [-0.2, 0) is 4.79 Å². The van der Waals surface area contributed by atoms with Crippen LogP contribution in [-0.4, -0.2) is 41.4 Å². The Morgan fingerprint density at radius 3 is 2.81 bits per heavy atom. The highest BCUT2D eigenvalue weighted by Gasteiger charge is 2.32. The fourth-order valence-corrected chi connectivity index (χ4v) is 2.76. The molecule has 0 saturated carbocycles. The van der Waals surface area contributed by atoms with Crippen molar-refractivity contribution in [2.45, 2.75) is 51.2 Å². The highest BCUT2D eigenvalue weighted by molar-refractivity contribution is 5.97. The number of nitrogens with zero attached hydrogens (tertiary/aromatic N) is 1. The molecule has 2 heterocycles. The zero-order valence-corrected chi connectivity index (χ0v) is 12.5. The van der Waals surface area contributed by atoms with E-state index < -0.39 is 6.04 Å². The molecule has 3 N–H and O–H groups in total. The summed E-state index contributed by atoms with van der Waals surface area (Å²) in [4.78, 5) is 26.3. The molecule has 1 aromatic rings. The maximum Gasteiger partial charge on any atom is 0.255 e. The molecule has 2 rings (SSSR count). The van der Waals surface area contributed by atoms with Crippen LogP contribution in [0.15, 0.2) is 23.0 Å². The van der Waals surface area contributed by atoms with Crippen molar-refractivity contribution in [1.29, 1.82) is 0 Å². The number of piperidine rings is 1. The third-order valence-corrected chi connectivity index (χ3v) is 3.94. The summed E-state index contributed by atoms with van der Waals surface area (Å²) in [5.74, 6) is -0.382. The largest absolute Gasteiger partial charge is 0.472 e. The van der Waals surface area contributed by atoms with E-state index in [1.165, 1.54) is 12.5 Å². The molecule has 1 aromatic heterocycles. The molecule has 0 aromatic carbocycles. The predicted molar refractivity (Wildman–Crippen MR) is 78.6 cm³/mol. The van der Waals surface area contributed by atoms with Crippen LogP contribution in [0.3, 0.4) is 0 Å². The zero-order chi connectivity index (χ0) is 15.4. The van der Waals surface area contributed by atoms with Gasteiger partial charge in [-0.1, -0.05) is 0 Å². The van der Waals surface area contributed by atoms with Gasteiger partial charge in [-0.3, -0.25) is 9.59 Å². The highest BCUT2D eigenvalue weighted by Crippen LogP contribution is 2.20. The minimum Gasteiger partial charge on any atom is -0.472 e. The van der Waals surface area contributed by atoms with Crippen LogP contribution in [0, 0.1) is 0 Å². The fraction of sp³-hybridized carbons (Fsp3) is 0.600. The average Bonchev–Trinajstić information content (AvgIpc) is 3.00. The van der Waals surface area contributed by atoms with Gasteiger partial charge in [0.1, 0.15) is 12.3 Å².